The van der Waals surface area contributed by atoms with Crippen LogP contribution in [-0.4, -0.2) is 16.2 Å². The number of hydrogen-bond donors (Lipinski definition) is 0. The summed E-state index contributed by atoms with van der Waals surface area (Å²) >= 11 is 2.51. The number of hydrogen-bond acceptors (Lipinski definition) is 1. The molecular weight excluding hydrogens is 333 g/mol. The van der Waals surface area contributed by atoms with E-state index in [9.17, 15) is 0 Å². The van der Waals surface area contributed by atoms with Crippen LogP contribution in [-0.2, 0) is 0 Å². The van der Waals surface area contributed by atoms with E-state index in [-0.39, 0.29) is 0 Å². The van der Waals surface area contributed by atoms with Crippen LogP contribution in [0.5, 0.6) is 0 Å². The van der Waals surface area contributed by atoms with Crippen LogP contribution in [0.2, 0.25) is 0 Å². The topological polar surface area (TPSA) is 3.24 Å². The van der Waals surface area contributed by atoms with Gasteiger partial charge in [-0.2, -0.15) is 0 Å². The zero-order valence-electron chi connectivity index (χ0n) is 12.7. The van der Waals surface area contributed by atoms with Gasteiger partial charge in [0.05, 0.1) is 0 Å². The normalized spacial score (nSPS) is 11.3. The van der Waals surface area contributed by atoms with Gasteiger partial charge >= 0.3 is 0 Å². The fraction of sp³-hybridized carbons (Fsp3) is 1.00. The van der Waals surface area contributed by atoms with E-state index in [4.69, 9.17) is 0 Å². The molecule has 0 amide bonds. The highest BCUT2D eigenvalue weighted by Gasteiger charge is 1.99. The lowest BCUT2D eigenvalue weighted by atomic mass is 10.1. The molecule has 18 heavy (non-hydrogen) atoms. The van der Waals surface area contributed by atoms with Crippen LogP contribution in [0.4, 0.5) is 0 Å². The maximum atomic E-state index is 2.51. The molecule has 0 aliphatic carbocycles. The van der Waals surface area contributed by atoms with E-state index in [0.717, 1.165) is 0 Å². The number of unbranched alkanes of at least 4 members (excludes halogenated alkanes) is 10. The fourth-order valence-electron chi connectivity index (χ4n) is 2.24. The first-order valence-corrected chi connectivity index (χ1v) is 9.18. The van der Waals surface area contributed by atoms with E-state index >= 15 is 0 Å². The lowest BCUT2D eigenvalue weighted by molar-refractivity contribution is 0.451. The molecule has 0 rings (SSSR count). The molecule has 0 bridgehead atoms. The van der Waals surface area contributed by atoms with E-state index in [2.05, 4.69) is 39.8 Å². The highest BCUT2D eigenvalue weighted by atomic mass is 127. The van der Waals surface area contributed by atoms with Gasteiger partial charge in [-0.15, -0.1) is 0 Å². The number of nitrogens with zero attached hydrogens (tertiary/aromatic N) is 1. The molecule has 1 nitrogen and oxygen atoms in total. The summed E-state index contributed by atoms with van der Waals surface area (Å²) < 4.78 is 2.50. The van der Waals surface area contributed by atoms with Crippen LogP contribution in [0.25, 0.3) is 0 Å². The minimum Gasteiger partial charge on any atom is -0.248 e. The molecule has 0 spiro atoms. The average molecular weight is 367 g/mol. The van der Waals surface area contributed by atoms with Crippen molar-refractivity contribution in [2.24, 2.45) is 0 Å². The van der Waals surface area contributed by atoms with Gasteiger partial charge in [0.1, 0.15) is 0 Å². The highest BCUT2D eigenvalue weighted by Crippen LogP contribution is 2.11. The summed E-state index contributed by atoms with van der Waals surface area (Å²) in [4.78, 5) is 0. The van der Waals surface area contributed by atoms with E-state index < -0.39 is 0 Å². The van der Waals surface area contributed by atoms with Crippen LogP contribution >= 0.6 is 22.9 Å². The van der Waals surface area contributed by atoms with Crippen molar-refractivity contribution >= 4 is 22.9 Å². The second kappa shape index (κ2) is 15.7. The van der Waals surface area contributed by atoms with Gasteiger partial charge in [0.2, 0.25) is 0 Å². The highest BCUT2D eigenvalue weighted by molar-refractivity contribution is 14.1. The zero-order chi connectivity index (χ0) is 13.5. The smallest absolute Gasteiger partial charge is 0.0201 e. The Kier molecular flexibility index (Phi) is 16.4. The molecule has 0 heterocycles. The third-order valence-corrected chi connectivity index (χ3v) is 4.47. The molecule has 0 aromatic heterocycles. The predicted octanol–water partition coefficient (Wildman–Crippen LogP) is 6.36. The zero-order valence-corrected chi connectivity index (χ0v) is 14.9. The van der Waals surface area contributed by atoms with Gasteiger partial charge in [-0.05, 0) is 12.8 Å². The van der Waals surface area contributed by atoms with Gasteiger partial charge in [0.25, 0.3) is 0 Å². The van der Waals surface area contributed by atoms with Crippen molar-refractivity contribution in [3.8, 4) is 0 Å². The summed E-state index contributed by atoms with van der Waals surface area (Å²) in [6, 6.07) is 0. The van der Waals surface area contributed by atoms with Gasteiger partial charge in [-0.1, -0.05) is 78.1 Å². The third-order valence-electron chi connectivity index (χ3n) is 3.51. The molecule has 110 valence electrons. The molecule has 0 aliphatic heterocycles. The van der Waals surface area contributed by atoms with E-state index in [1.807, 2.05) is 0 Å². The Morgan fingerprint density at radius 3 is 1.28 bits per heavy atom. The monoisotopic (exact) mass is 367 g/mol. The summed E-state index contributed by atoms with van der Waals surface area (Å²) in [7, 11) is 0. The summed E-state index contributed by atoms with van der Waals surface area (Å²) in [6.07, 6.45) is 17.0. The van der Waals surface area contributed by atoms with Gasteiger partial charge in [0.15, 0.2) is 0 Å². The molecule has 0 atom stereocenters. The quantitative estimate of drug-likeness (QED) is 0.196. The first-order chi connectivity index (χ1) is 8.81. The summed E-state index contributed by atoms with van der Waals surface area (Å²) in [6.45, 7) is 7.16. The molecule has 0 saturated carbocycles. The Bertz CT molecular complexity index is 134. The maximum absolute atomic E-state index is 2.51. The van der Waals surface area contributed by atoms with Crippen LogP contribution in [0.15, 0.2) is 0 Å². The minimum atomic E-state index is 1.29. The van der Waals surface area contributed by atoms with Crippen molar-refractivity contribution in [1.82, 2.24) is 3.11 Å². The predicted molar refractivity (Wildman–Crippen MR) is 92.3 cm³/mol. The number of halogens is 1. The molecule has 0 radical (unpaired) electrons. The second-order valence-electron chi connectivity index (χ2n) is 5.45. The largest absolute Gasteiger partial charge is 0.248 e. The minimum absolute atomic E-state index is 1.29. The molecule has 0 aliphatic rings. The Labute approximate surface area is 130 Å². The Balaban J connectivity index is 3.10. The second-order valence-corrected chi connectivity index (χ2v) is 6.81. The van der Waals surface area contributed by atoms with Crippen LogP contribution in [0.3, 0.4) is 0 Å². The SMILES string of the molecule is CCCCCCCCN(I)CCCCCCCC. The fourth-order valence-corrected chi connectivity index (χ4v) is 2.92. The van der Waals surface area contributed by atoms with Gasteiger partial charge in [0, 0.05) is 36.0 Å². The Morgan fingerprint density at radius 2 is 0.889 bits per heavy atom. The van der Waals surface area contributed by atoms with Crippen molar-refractivity contribution in [3.63, 3.8) is 0 Å². The molecule has 0 fully saturated rings. The molecule has 0 N–H and O–H groups in total. The molecule has 0 aromatic carbocycles. The van der Waals surface area contributed by atoms with E-state index in [1.54, 1.807) is 0 Å². The Hall–Kier alpha value is 0.690. The van der Waals surface area contributed by atoms with E-state index in [1.165, 1.54) is 90.1 Å². The maximum Gasteiger partial charge on any atom is 0.0201 e. The van der Waals surface area contributed by atoms with Gasteiger partial charge < -0.3 is 0 Å². The lowest BCUT2D eigenvalue weighted by Crippen LogP contribution is -2.14. The van der Waals surface area contributed by atoms with Gasteiger partial charge in [-0.25, -0.2) is 3.11 Å². The summed E-state index contributed by atoms with van der Waals surface area (Å²) in [5.74, 6) is 0. The van der Waals surface area contributed by atoms with Gasteiger partial charge in [-0.3, -0.25) is 0 Å². The van der Waals surface area contributed by atoms with Crippen molar-refractivity contribution in [2.75, 3.05) is 13.1 Å². The Morgan fingerprint density at radius 1 is 0.556 bits per heavy atom. The van der Waals surface area contributed by atoms with Crippen molar-refractivity contribution in [1.29, 1.82) is 0 Å². The molecule has 0 saturated heterocycles. The van der Waals surface area contributed by atoms with Crippen LogP contribution < -0.4 is 0 Å². The van der Waals surface area contributed by atoms with E-state index in [0.29, 0.717) is 0 Å². The summed E-state index contributed by atoms with van der Waals surface area (Å²) in [5, 5.41) is 0. The third kappa shape index (κ3) is 14.7. The van der Waals surface area contributed by atoms with Crippen LogP contribution in [0, 0.1) is 0 Å². The molecule has 2 heteroatoms. The standard InChI is InChI=1S/C16H34IN/c1-3-5-7-9-11-13-15-18(17)16-14-12-10-8-6-4-2/h3-16H2,1-2H3. The number of rotatable bonds is 14. The molecule has 0 aromatic rings. The first kappa shape index (κ1) is 18.7. The molecule has 0 unspecified atom stereocenters. The van der Waals surface area contributed by atoms with Crippen molar-refractivity contribution in [3.05, 3.63) is 0 Å². The lowest BCUT2D eigenvalue weighted by Gasteiger charge is -2.13. The average Bonchev–Trinajstić information content (AvgIpc) is 2.38. The summed E-state index contributed by atoms with van der Waals surface area (Å²) in [5.41, 5.74) is 0. The van der Waals surface area contributed by atoms with Crippen molar-refractivity contribution in [2.45, 2.75) is 90.9 Å². The first-order valence-electron chi connectivity index (χ1n) is 8.22. The van der Waals surface area contributed by atoms with Crippen molar-refractivity contribution < 1.29 is 0 Å². The molecular formula is C16H34IN. The van der Waals surface area contributed by atoms with Crippen LogP contribution in [0.1, 0.15) is 90.9 Å².